The van der Waals surface area contributed by atoms with Crippen LogP contribution in [0.5, 0.6) is 5.88 Å². The number of likely N-dealkylation sites (tertiary alicyclic amines) is 1. The smallest absolute Gasteiger partial charge is 0.228 e. The number of hydrogen-bond donors (Lipinski definition) is 2. The van der Waals surface area contributed by atoms with E-state index in [9.17, 15) is 4.79 Å². The molecule has 0 saturated carbocycles. The van der Waals surface area contributed by atoms with Crippen LogP contribution in [-0.2, 0) is 4.79 Å². The number of hydrogen-bond acceptors (Lipinski definition) is 7. The summed E-state index contributed by atoms with van der Waals surface area (Å²) in [5.41, 5.74) is 3.40. The van der Waals surface area contributed by atoms with Crippen LogP contribution < -0.4 is 10.1 Å². The molecule has 5 rings (SSSR count). The summed E-state index contributed by atoms with van der Waals surface area (Å²) in [7, 11) is 1.61. The number of fused-ring (bicyclic) bond motifs is 2. The van der Waals surface area contributed by atoms with Crippen molar-refractivity contribution in [3.05, 3.63) is 30.9 Å². The summed E-state index contributed by atoms with van der Waals surface area (Å²) in [5, 5.41) is 12.2. The number of ether oxygens (including phenoxy) is 1. The third-order valence-electron chi connectivity index (χ3n) is 5.57. The van der Waals surface area contributed by atoms with Gasteiger partial charge in [-0.15, -0.1) is 10.2 Å². The predicted octanol–water partition coefficient (Wildman–Crippen LogP) is 2.10. The zero-order chi connectivity index (χ0) is 20.7. The number of piperidine rings is 1. The van der Waals surface area contributed by atoms with Gasteiger partial charge < -0.3 is 19.9 Å². The number of aromatic amines is 1. The third-order valence-corrected chi connectivity index (χ3v) is 5.57. The number of methoxy groups -OCH3 is 1. The minimum atomic E-state index is 0.122. The molecule has 5 heterocycles. The molecule has 0 unspecified atom stereocenters. The van der Waals surface area contributed by atoms with Crippen LogP contribution in [0.2, 0.25) is 0 Å². The summed E-state index contributed by atoms with van der Waals surface area (Å²) < 4.78 is 7.47. The molecule has 10 nitrogen and oxygen atoms in total. The summed E-state index contributed by atoms with van der Waals surface area (Å²) in [6.45, 7) is 3.09. The first-order valence-corrected chi connectivity index (χ1v) is 9.87. The number of pyridine rings is 1. The zero-order valence-electron chi connectivity index (χ0n) is 16.8. The highest BCUT2D eigenvalue weighted by Gasteiger charge is 2.22. The van der Waals surface area contributed by atoms with Gasteiger partial charge in [0.2, 0.25) is 17.7 Å². The standard InChI is InChI=1S/C20H22N8O2/c1-12(29)27-7-5-14(6-8-27)23-20-24-18-17(19(25-20)30-2)15(9-21-18)13-3-4-16-26-22-11-28(16)10-13/h3-4,9-11,14H,5-8H2,1-2H3,(H2,21,23,24,25). The van der Waals surface area contributed by atoms with Gasteiger partial charge >= 0.3 is 0 Å². The van der Waals surface area contributed by atoms with E-state index in [0.717, 1.165) is 48.1 Å². The molecule has 154 valence electrons. The van der Waals surface area contributed by atoms with Crippen molar-refractivity contribution in [2.24, 2.45) is 0 Å². The van der Waals surface area contributed by atoms with Gasteiger partial charge in [0.05, 0.1) is 12.5 Å². The van der Waals surface area contributed by atoms with E-state index in [1.165, 1.54) is 0 Å². The second-order valence-corrected chi connectivity index (χ2v) is 7.42. The van der Waals surface area contributed by atoms with Crippen molar-refractivity contribution in [1.29, 1.82) is 0 Å². The largest absolute Gasteiger partial charge is 0.480 e. The molecule has 1 amide bonds. The topological polar surface area (TPSA) is 113 Å². The molecule has 0 spiro atoms. The van der Waals surface area contributed by atoms with Crippen molar-refractivity contribution in [3.63, 3.8) is 0 Å². The molecule has 1 saturated heterocycles. The van der Waals surface area contributed by atoms with E-state index in [-0.39, 0.29) is 11.9 Å². The summed E-state index contributed by atoms with van der Waals surface area (Å²) in [4.78, 5) is 25.9. The molecule has 4 aromatic rings. The minimum absolute atomic E-state index is 0.122. The molecule has 0 aliphatic carbocycles. The Hall–Kier alpha value is -3.69. The average molecular weight is 406 g/mol. The first-order valence-electron chi connectivity index (χ1n) is 9.87. The van der Waals surface area contributed by atoms with E-state index in [1.54, 1.807) is 20.4 Å². The minimum Gasteiger partial charge on any atom is -0.480 e. The first kappa shape index (κ1) is 18.3. The highest BCUT2D eigenvalue weighted by molar-refractivity contribution is 5.97. The number of H-pyrrole nitrogens is 1. The Bertz CT molecular complexity index is 1220. The maximum Gasteiger partial charge on any atom is 0.228 e. The Morgan fingerprint density at radius 1 is 1.27 bits per heavy atom. The van der Waals surface area contributed by atoms with Gasteiger partial charge in [-0.2, -0.15) is 9.97 Å². The highest BCUT2D eigenvalue weighted by Crippen LogP contribution is 2.34. The van der Waals surface area contributed by atoms with Gasteiger partial charge in [0, 0.05) is 49.6 Å². The molecular formula is C20H22N8O2. The Labute approximate surface area is 172 Å². The number of rotatable bonds is 4. The number of amides is 1. The molecule has 0 bridgehead atoms. The van der Waals surface area contributed by atoms with E-state index in [0.29, 0.717) is 17.5 Å². The van der Waals surface area contributed by atoms with Crippen LogP contribution in [0.3, 0.4) is 0 Å². The van der Waals surface area contributed by atoms with Crippen LogP contribution in [0.1, 0.15) is 19.8 Å². The molecule has 2 N–H and O–H groups in total. The van der Waals surface area contributed by atoms with Crippen LogP contribution in [-0.4, -0.2) is 66.6 Å². The van der Waals surface area contributed by atoms with Crippen LogP contribution in [0.25, 0.3) is 27.8 Å². The molecular weight excluding hydrogens is 384 g/mol. The summed E-state index contributed by atoms with van der Waals surface area (Å²) in [6.07, 6.45) is 7.26. The first-order chi connectivity index (χ1) is 14.6. The van der Waals surface area contributed by atoms with Gasteiger partial charge in [-0.25, -0.2) is 0 Å². The van der Waals surface area contributed by atoms with Gasteiger partial charge in [-0.3, -0.25) is 9.20 Å². The van der Waals surface area contributed by atoms with E-state index >= 15 is 0 Å². The molecule has 1 aliphatic heterocycles. The van der Waals surface area contributed by atoms with E-state index in [1.807, 2.05) is 33.8 Å². The molecule has 4 aromatic heterocycles. The number of aromatic nitrogens is 6. The maximum absolute atomic E-state index is 11.5. The highest BCUT2D eigenvalue weighted by atomic mass is 16.5. The van der Waals surface area contributed by atoms with Gasteiger partial charge in [-0.05, 0) is 25.0 Å². The predicted molar refractivity (Wildman–Crippen MR) is 111 cm³/mol. The molecule has 0 radical (unpaired) electrons. The van der Waals surface area contributed by atoms with E-state index in [4.69, 9.17) is 4.74 Å². The third kappa shape index (κ3) is 3.19. The van der Waals surface area contributed by atoms with Crippen LogP contribution in [0.15, 0.2) is 30.9 Å². The Morgan fingerprint density at radius 3 is 2.87 bits per heavy atom. The molecule has 30 heavy (non-hydrogen) atoms. The number of nitrogens with one attached hydrogen (secondary N) is 2. The normalized spacial score (nSPS) is 15.1. The van der Waals surface area contributed by atoms with Crippen molar-refractivity contribution >= 4 is 28.5 Å². The van der Waals surface area contributed by atoms with Gasteiger partial charge in [0.25, 0.3) is 0 Å². The van der Waals surface area contributed by atoms with Crippen LogP contribution >= 0.6 is 0 Å². The van der Waals surface area contributed by atoms with Crippen molar-refractivity contribution in [1.82, 2.24) is 34.4 Å². The molecule has 1 aliphatic rings. The fourth-order valence-corrected chi connectivity index (χ4v) is 3.95. The Kier molecular flexibility index (Phi) is 4.46. The van der Waals surface area contributed by atoms with Gasteiger partial charge in [0.1, 0.15) is 12.0 Å². The van der Waals surface area contributed by atoms with Gasteiger partial charge in [0.15, 0.2) is 5.65 Å². The van der Waals surface area contributed by atoms with Gasteiger partial charge in [-0.1, -0.05) is 0 Å². The monoisotopic (exact) mass is 406 g/mol. The maximum atomic E-state index is 11.5. The molecule has 1 fully saturated rings. The fourth-order valence-electron chi connectivity index (χ4n) is 3.95. The lowest BCUT2D eigenvalue weighted by Crippen LogP contribution is -2.41. The van der Waals surface area contributed by atoms with Crippen molar-refractivity contribution < 1.29 is 9.53 Å². The summed E-state index contributed by atoms with van der Waals surface area (Å²) in [5.74, 6) is 1.14. The number of carbonyl (C=O) groups excluding carboxylic acids is 1. The van der Waals surface area contributed by atoms with Crippen molar-refractivity contribution in [2.75, 3.05) is 25.5 Å². The quantitative estimate of drug-likeness (QED) is 0.533. The zero-order valence-corrected chi connectivity index (χ0v) is 16.8. The second-order valence-electron chi connectivity index (χ2n) is 7.42. The van der Waals surface area contributed by atoms with E-state index < -0.39 is 0 Å². The summed E-state index contributed by atoms with van der Waals surface area (Å²) in [6, 6.07) is 4.12. The van der Waals surface area contributed by atoms with Crippen molar-refractivity contribution in [2.45, 2.75) is 25.8 Å². The lowest BCUT2D eigenvalue weighted by atomic mass is 10.1. The lowest BCUT2D eigenvalue weighted by Gasteiger charge is -2.31. The molecule has 0 atom stereocenters. The van der Waals surface area contributed by atoms with Crippen LogP contribution in [0.4, 0.5) is 5.95 Å². The molecule has 0 aromatic carbocycles. The van der Waals surface area contributed by atoms with Crippen molar-refractivity contribution in [3.8, 4) is 17.0 Å². The second kappa shape index (κ2) is 7.29. The SMILES string of the molecule is COc1nc(NC2CCN(C(C)=O)CC2)nc2[nH]cc(-c3ccc4nncn4c3)c12. The Morgan fingerprint density at radius 2 is 2.10 bits per heavy atom. The van der Waals surface area contributed by atoms with Crippen LogP contribution in [0, 0.1) is 0 Å². The molecule has 10 heteroatoms. The average Bonchev–Trinajstić information content (AvgIpc) is 3.39. The summed E-state index contributed by atoms with van der Waals surface area (Å²) >= 11 is 0. The lowest BCUT2D eigenvalue weighted by molar-refractivity contribution is -0.129. The fraction of sp³-hybridized carbons (Fsp3) is 0.350. The Balaban J connectivity index is 1.45. The van der Waals surface area contributed by atoms with E-state index in [2.05, 4.69) is 30.5 Å². The number of carbonyl (C=O) groups is 1. The number of anilines is 1. The number of nitrogens with zero attached hydrogens (tertiary/aromatic N) is 6.